The number of carbonyl (C=O) groups is 1. The number of aliphatic hydroxyl groups excluding tert-OH is 1. The van der Waals surface area contributed by atoms with Crippen LogP contribution in [0.2, 0.25) is 0 Å². The smallest absolute Gasteiger partial charge is 0.348 e. The minimum Gasteiger partial charge on any atom is -0.507 e. The Morgan fingerprint density at radius 1 is 1.40 bits per heavy atom. The van der Waals surface area contributed by atoms with Crippen LogP contribution in [0.4, 0.5) is 0 Å². The molecule has 0 atom stereocenters. The Bertz CT molecular complexity index is 390. The molecule has 1 aromatic carbocycles. The van der Waals surface area contributed by atoms with E-state index in [2.05, 4.69) is 4.74 Å². The first kappa shape index (κ1) is 13.3. The molecule has 3 nitrogen and oxygen atoms in total. The third-order valence-electron chi connectivity index (χ3n) is 1.48. The molecule has 0 heterocycles. The molecule has 15 heavy (non-hydrogen) atoms. The van der Waals surface area contributed by atoms with Crippen molar-refractivity contribution < 1.29 is 31.7 Å². The number of terminal acetylenes is 1. The number of carbonyl (C=O) groups excluding carboxylic acids is 1. The normalized spacial score (nSPS) is 9.67. The van der Waals surface area contributed by atoms with Gasteiger partial charge in [0.05, 0.1) is 6.08 Å². The topological polar surface area (TPSA) is 46.5 Å². The van der Waals surface area contributed by atoms with Crippen molar-refractivity contribution in [2.24, 2.45) is 0 Å². The summed E-state index contributed by atoms with van der Waals surface area (Å²) in [4.78, 5) is 10.8. The molecule has 0 fully saturated rings. The van der Waals surface area contributed by atoms with Crippen LogP contribution in [0.25, 0.3) is 5.76 Å². The Hall–Kier alpha value is -1.69. The quantitative estimate of drug-likeness (QED) is 0.286. The van der Waals surface area contributed by atoms with Crippen molar-refractivity contribution in [3.63, 3.8) is 0 Å². The molecule has 0 aliphatic heterocycles. The Morgan fingerprint density at radius 2 is 2.00 bits per heavy atom. The summed E-state index contributed by atoms with van der Waals surface area (Å²) in [5.74, 6) is -0.945. The maximum atomic E-state index is 10.8. The van der Waals surface area contributed by atoms with Gasteiger partial charge in [-0.15, -0.1) is 0 Å². The fourth-order valence-corrected chi connectivity index (χ4v) is 0.891. The van der Waals surface area contributed by atoms with Gasteiger partial charge in [0.15, 0.2) is 0 Å². The van der Waals surface area contributed by atoms with Crippen molar-refractivity contribution in [3.8, 4) is 12.5 Å². The first-order valence-electron chi connectivity index (χ1n) is 3.86. The SMILES string of the molecule is C#COC(=O)/C=C(\O)c1ccccc1.[Cu]. The molecular weight excluding hydrogens is 244 g/mol. The van der Waals surface area contributed by atoms with Gasteiger partial charge < -0.3 is 9.84 Å². The van der Waals surface area contributed by atoms with Gasteiger partial charge in [-0.1, -0.05) is 36.8 Å². The van der Waals surface area contributed by atoms with Crippen LogP contribution in [0.3, 0.4) is 0 Å². The maximum absolute atomic E-state index is 10.8. The van der Waals surface area contributed by atoms with Crippen LogP contribution in [-0.2, 0) is 26.6 Å². The fourth-order valence-electron chi connectivity index (χ4n) is 0.891. The number of benzene rings is 1. The Labute approximate surface area is 98.2 Å². The van der Waals surface area contributed by atoms with E-state index in [1.54, 1.807) is 36.4 Å². The summed E-state index contributed by atoms with van der Waals surface area (Å²) < 4.78 is 4.19. The molecule has 0 saturated heterocycles. The zero-order valence-electron chi connectivity index (χ0n) is 7.61. The minimum absolute atomic E-state index is 0. The molecule has 4 heteroatoms. The Kier molecular flexibility index (Phi) is 5.96. The van der Waals surface area contributed by atoms with Crippen molar-refractivity contribution in [3.05, 3.63) is 42.0 Å². The predicted molar refractivity (Wildman–Crippen MR) is 52.0 cm³/mol. The van der Waals surface area contributed by atoms with E-state index in [1.807, 2.05) is 0 Å². The van der Waals surface area contributed by atoms with Crippen LogP contribution in [0.15, 0.2) is 36.4 Å². The molecule has 0 bridgehead atoms. The summed E-state index contributed by atoms with van der Waals surface area (Å²) in [5.41, 5.74) is 0.529. The van der Waals surface area contributed by atoms with Gasteiger partial charge in [-0.05, 0) is 0 Å². The molecule has 0 spiro atoms. The van der Waals surface area contributed by atoms with Gasteiger partial charge in [-0.3, -0.25) is 0 Å². The van der Waals surface area contributed by atoms with E-state index in [4.69, 9.17) is 6.42 Å². The van der Waals surface area contributed by atoms with Crippen LogP contribution in [-0.4, -0.2) is 11.1 Å². The van der Waals surface area contributed by atoms with E-state index in [1.165, 1.54) is 0 Å². The molecular formula is C11H8CuO3. The van der Waals surface area contributed by atoms with Crippen LogP contribution in [0, 0.1) is 12.5 Å². The third kappa shape index (κ3) is 4.37. The molecule has 1 rings (SSSR count). The summed E-state index contributed by atoms with van der Waals surface area (Å²) >= 11 is 0. The molecule has 1 aromatic rings. The summed E-state index contributed by atoms with van der Waals surface area (Å²) in [5, 5.41) is 9.41. The Morgan fingerprint density at radius 3 is 2.53 bits per heavy atom. The molecule has 0 aromatic heterocycles. The van der Waals surface area contributed by atoms with Gasteiger partial charge in [-0.2, -0.15) is 0 Å². The van der Waals surface area contributed by atoms with E-state index in [0.29, 0.717) is 5.56 Å². The van der Waals surface area contributed by atoms with Crippen molar-refractivity contribution in [1.82, 2.24) is 0 Å². The summed E-state index contributed by atoms with van der Waals surface area (Å²) in [6.45, 7) is 0. The van der Waals surface area contributed by atoms with Crippen molar-refractivity contribution >= 4 is 11.7 Å². The van der Waals surface area contributed by atoms with Gasteiger partial charge in [0, 0.05) is 22.6 Å². The summed E-state index contributed by atoms with van der Waals surface area (Å²) in [7, 11) is 0. The van der Waals surface area contributed by atoms with Crippen molar-refractivity contribution in [2.45, 2.75) is 0 Å². The second kappa shape index (κ2) is 6.72. The monoisotopic (exact) mass is 251 g/mol. The zero-order valence-corrected chi connectivity index (χ0v) is 8.55. The molecule has 0 amide bonds. The van der Waals surface area contributed by atoms with Crippen LogP contribution < -0.4 is 0 Å². The van der Waals surface area contributed by atoms with E-state index in [-0.39, 0.29) is 22.8 Å². The number of ether oxygens (including phenoxy) is 1. The van der Waals surface area contributed by atoms with Gasteiger partial charge in [0.25, 0.3) is 0 Å². The van der Waals surface area contributed by atoms with Gasteiger partial charge in [-0.25, -0.2) is 4.79 Å². The first-order chi connectivity index (χ1) is 6.74. The van der Waals surface area contributed by atoms with Crippen LogP contribution in [0.5, 0.6) is 0 Å². The fraction of sp³-hybridized carbons (Fsp3) is 0. The largest absolute Gasteiger partial charge is 0.507 e. The first-order valence-corrected chi connectivity index (χ1v) is 3.86. The molecule has 1 radical (unpaired) electrons. The number of rotatable bonds is 2. The van der Waals surface area contributed by atoms with E-state index in [9.17, 15) is 9.90 Å². The third-order valence-corrected chi connectivity index (χ3v) is 1.48. The van der Waals surface area contributed by atoms with Gasteiger partial charge >= 0.3 is 5.97 Å². The Balaban J connectivity index is 0.00000196. The van der Waals surface area contributed by atoms with Gasteiger partial charge in [0.2, 0.25) is 0 Å². The van der Waals surface area contributed by atoms with Crippen molar-refractivity contribution in [2.75, 3.05) is 0 Å². The number of hydrogen-bond acceptors (Lipinski definition) is 3. The van der Waals surface area contributed by atoms with E-state index < -0.39 is 5.97 Å². The molecule has 0 unspecified atom stereocenters. The molecule has 0 aliphatic rings. The number of aliphatic hydroxyl groups is 1. The standard InChI is InChI=1S/C11H8O3.Cu/c1-2-14-11(13)8-10(12)9-6-4-3-5-7-9;/h1,3-8,12H;/b10-8-;. The number of esters is 1. The average Bonchev–Trinajstić information content (AvgIpc) is 2.19. The minimum atomic E-state index is -0.770. The van der Waals surface area contributed by atoms with E-state index >= 15 is 0 Å². The predicted octanol–water partition coefficient (Wildman–Crippen LogP) is 1.72. The second-order valence-corrected chi connectivity index (χ2v) is 2.43. The van der Waals surface area contributed by atoms with E-state index in [0.717, 1.165) is 6.08 Å². The molecule has 1 N–H and O–H groups in total. The van der Waals surface area contributed by atoms with Crippen LogP contribution >= 0.6 is 0 Å². The van der Waals surface area contributed by atoms with Crippen LogP contribution in [0.1, 0.15) is 5.56 Å². The average molecular weight is 252 g/mol. The molecule has 0 aliphatic carbocycles. The number of hydrogen-bond donors (Lipinski definition) is 1. The van der Waals surface area contributed by atoms with Crippen molar-refractivity contribution in [1.29, 1.82) is 0 Å². The zero-order chi connectivity index (χ0) is 10.4. The maximum Gasteiger partial charge on any atom is 0.348 e. The second-order valence-electron chi connectivity index (χ2n) is 2.43. The molecule has 81 valence electrons. The van der Waals surface area contributed by atoms with Gasteiger partial charge in [0.1, 0.15) is 11.9 Å². The molecule has 0 saturated carbocycles. The summed E-state index contributed by atoms with van der Waals surface area (Å²) in [6.07, 6.45) is 7.38. The summed E-state index contributed by atoms with van der Waals surface area (Å²) in [6, 6.07) is 8.61.